The monoisotopic (exact) mass is 319 g/mol. The number of methoxy groups -OCH3 is 1. The number of hydrogen-bond acceptors (Lipinski definition) is 5. The highest BCUT2D eigenvalue weighted by atomic mass is 32.2. The Morgan fingerprint density at radius 2 is 2.10 bits per heavy atom. The van der Waals surface area contributed by atoms with Crippen LogP contribution >= 0.6 is 11.3 Å². The lowest BCUT2D eigenvalue weighted by Crippen LogP contribution is -2.39. The summed E-state index contributed by atoms with van der Waals surface area (Å²) >= 11 is 1.25. The number of sulfonamides is 1. The average Bonchev–Trinajstić information content (AvgIpc) is 2.90. The molecule has 20 heavy (non-hydrogen) atoms. The van der Waals surface area contributed by atoms with Crippen LogP contribution in [0.4, 0.5) is 0 Å². The Labute approximate surface area is 124 Å². The SMILES string of the molecule is COCC1CCN(S(=O)(=O)c2ccc(CCO)s2)CC1. The normalized spacial score (nSPS) is 18.5. The fourth-order valence-corrected chi connectivity index (χ4v) is 5.39. The molecular weight excluding hydrogens is 298 g/mol. The average molecular weight is 319 g/mol. The molecule has 0 unspecified atom stereocenters. The van der Waals surface area contributed by atoms with Crippen molar-refractivity contribution in [2.75, 3.05) is 33.4 Å². The maximum atomic E-state index is 12.5. The van der Waals surface area contributed by atoms with Crippen molar-refractivity contribution in [3.8, 4) is 0 Å². The van der Waals surface area contributed by atoms with Gasteiger partial charge in [-0.05, 0) is 30.9 Å². The summed E-state index contributed by atoms with van der Waals surface area (Å²) in [4.78, 5) is 0.903. The molecule has 0 saturated carbocycles. The molecule has 0 atom stereocenters. The third-order valence-electron chi connectivity index (χ3n) is 3.57. The molecule has 0 amide bonds. The zero-order chi connectivity index (χ0) is 14.6. The molecule has 5 nitrogen and oxygen atoms in total. The smallest absolute Gasteiger partial charge is 0.252 e. The minimum absolute atomic E-state index is 0.0441. The molecule has 1 aliphatic heterocycles. The molecule has 2 heterocycles. The maximum Gasteiger partial charge on any atom is 0.252 e. The lowest BCUT2D eigenvalue weighted by molar-refractivity contribution is 0.121. The molecule has 0 radical (unpaired) electrons. The van der Waals surface area contributed by atoms with Crippen LogP contribution in [0.2, 0.25) is 0 Å². The quantitative estimate of drug-likeness (QED) is 0.859. The van der Waals surface area contributed by atoms with E-state index in [9.17, 15) is 8.42 Å². The largest absolute Gasteiger partial charge is 0.396 e. The minimum Gasteiger partial charge on any atom is -0.396 e. The molecule has 1 fully saturated rings. The molecule has 0 aromatic carbocycles. The Morgan fingerprint density at radius 1 is 1.40 bits per heavy atom. The number of ether oxygens (including phenoxy) is 1. The first-order chi connectivity index (χ1) is 9.57. The first-order valence-corrected chi connectivity index (χ1v) is 9.02. The highest BCUT2D eigenvalue weighted by Gasteiger charge is 2.30. The summed E-state index contributed by atoms with van der Waals surface area (Å²) < 4.78 is 32.1. The van der Waals surface area contributed by atoms with Crippen LogP contribution in [0.15, 0.2) is 16.3 Å². The van der Waals surface area contributed by atoms with Gasteiger partial charge in [-0.1, -0.05) is 0 Å². The van der Waals surface area contributed by atoms with Crippen LogP contribution in [-0.2, 0) is 21.2 Å². The fourth-order valence-electron chi connectivity index (χ4n) is 2.42. The van der Waals surface area contributed by atoms with Gasteiger partial charge in [-0.2, -0.15) is 4.31 Å². The van der Waals surface area contributed by atoms with E-state index < -0.39 is 10.0 Å². The number of thiophene rings is 1. The molecule has 1 aliphatic rings. The summed E-state index contributed by atoms with van der Waals surface area (Å²) in [6.07, 6.45) is 2.21. The summed E-state index contributed by atoms with van der Waals surface area (Å²) in [6, 6.07) is 3.43. The van der Waals surface area contributed by atoms with Gasteiger partial charge in [-0.25, -0.2) is 8.42 Å². The second-order valence-electron chi connectivity index (χ2n) is 5.00. The Bertz CT molecular complexity index is 518. The van der Waals surface area contributed by atoms with E-state index in [4.69, 9.17) is 9.84 Å². The third-order valence-corrected chi connectivity index (χ3v) is 7.08. The second-order valence-corrected chi connectivity index (χ2v) is 8.33. The van der Waals surface area contributed by atoms with Gasteiger partial charge in [0.2, 0.25) is 0 Å². The van der Waals surface area contributed by atoms with Gasteiger partial charge in [0.25, 0.3) is 10.0 Å². The van der Waals surface area contributed by atoms with Gasteiger partial charge in [-0.3, -0.25) is 0 Å². The van der Waals surface area contributed by atoms with Crippen molar-refractivity contribution in [1.82, 2.24) is 4.31 Å². The predicted octanol–water partition coefficient (Wildman–Crippen LogP) is 1.33. The zero-order valence-electron chi connectivity index (χ0n) is 11.6. The minimum atomic E-state index is -3.37. The standard InChI is InChI=1S/C13H21NO4S2/c1-18-10-11-4-7-14(8-5-11)20(16,17)13-3-2-12(19-13)6-9-15/h2-3,11,15H,4-10H2,1H3. The first kappa shape index (κ1) is 15.9. The Hall–Kier alpha value is -0.470. The molecule has 0 aliphatic carbocycles. The van der Waals surface area contributed by atoms with E-state index >= 15 is 0 Å². The van der Waals surface area contributed by atoms with Gasteiger partial charge < -0.3 is 9.84 Å². The molecule has 1 saturated heterocycles. The van der Waals surface area contributed by atoms with Gasteiger partial charge in [0.1, 0.15) is 4.21 Å². The van der Waals surface area contributed by atoms with Gasteiger partial charge in [0.15, 0.2) is 0 Å². The van der Waals surface area contributed by atoms with E-state index in [-0.39, 0.29) is 6.61 Å². The Kier molecular flexibility index (Phi) is 5.57. The van der Waals surface area contributed by atoms with Gasteiger partial charge >= 0.3 is 0 Å². The van der Waals surface area contributed by atoms with Crippen molar-refractivity contribution < 1.29 is 18.3 Å². The van der Waals surface area contributed by atoms with Gasteiger partial charge in [0, 0.05) is 44.7 Å². The van der Waals surface area contributed by atoms with Crippen LogP contribution in [0.25, 0.3) is 0 Å². The number of hydrogen-bond donors (Lipinski definition) is 1. The molecule has 7 heteroatoms. The molecule has 2 rings (SSSR count). The van der Waals surface area contributed by atoms with E-state index in [0.717, 1.165) is 17.7 Å². The number of aliphatic hydroxyl groups excluding tert-OH is 1. The summed E-state index contributed by atoms with van der Waals surface area (Å²) in [5.74, 6) is 0.458. The van der Waals surface area contributed by atoms with Gasteiger partial charge in [-0.15, -0.1) is 11.3 Å². The van der Waals surface area contributed by atoms with E-state index in [1.54, 1.807) is 23.5 Å². The molecule has 0 bridgehead atoms. The molecule has 114 valence electrons. The van der Waals surface area contributed by atoms with Crippen LogP contribution in [0.3, 0.4) is 0 Å². The summed E-state index contributed by atoms with van der Waals surface area (Å²) in [7, 11) is -1.69. The molecule has 1 aromatic heterocycles. The first-order valence-electron chi connectivity index (χ1n) is 6.76. The number of aliphatic hydroxyl groups is 1. The van der Waals surface area contributed by atoms with Crippen molar-refractivity contribution in [3.63, 3.8) is 0 Å². The zero-order valence-corrected chi connectivity index (χ0v) is 13.3. The molecular formula is C13H21NO4S2. The summed E-state index contributed by atoms with van der Waals surface area (Å²) in [6.45, 7) is 1.86. The van der Waals surface area contributed by atoms with Crippen molar-refractivity contribution >= 4 is 21.4 Å². The van der Waals surface area contributed by atoms with E-state index in [1.807, 2.05) is 0 Å². The predicted molar refractivity (Wildman–Crippen MR) is 78.5 cm³/mol. The van der Waals surface area contributed by atoms with Crippen LogP contribution < -0.4 is 0 Å². The fraction of sp³-hybridized carbons (Fsp3) is 0.692. The lowest BCUT2D eigenvalue weighted by Gasteiger charge is -2.30. The van der Waals surface area contributed by atoms with Crippen LogP contribution in [-0.4, -0.2) is 51.2 Å². The number of nitrogens with zero attached hydrogens (tertiary/aromatic N) is 1. The second kappa shape index (κ2) is 7.00. The van der Waals surface area contributed by atoms with Gasteiger partial charge in [0.05, 0.1) is 0 Å². The molecule has 1 aromatic rings. The Morgan fingerprint density at radius 3 is 2.70 bits per heavy atom. The van der Waals surface area contributed by atoms with Crippen molar-refractivity contribution in [3.05, 3.63) is 17.0 Å². The van der Waals surface area contributed by atoms with Crippen LogP contribution in [0.1, 0.15) is 17.7 Å². The third kappa shape index (κ3) is 3.59. The summed E-state index contributed by atoms with van der Waals surface area (Å²) in [5, 5.41) is 8.90. The number of piperidine rings is 1. The highest BCUT2D eigenvalue weighted by Crippen LogP contribution is 2.28. The van der Waals surface area contributed by atoms with E-state index in [2.05, 4.69) is 0 Å². The maximum absolute atomic E-state index is 12.5. The molecule has 0 spiro atoms. The van der Waals surface area contributed by atoms with Crippen LogP contribution in [0.5, 0.6) is 0 Å². The lowest BCUT2D eigenvalue weighted by atomic mass is 9.99. The van der Waals surface area contributed by atoms with Crippen LogP contribution in [0, 0.1) is 5.92 Å². The molecule has 1 N–H and O–H groups in total. The van der Waals surface area contributed by atoms with Crippen molar-refractivity contribution in [2.24, 2.45) is 5.92 Å². The van der Waals surface area contributed by atoms with Crippen molar-refractivity contribution in [1.29, 1.82) is 0 Å². The summed E-state index contributed by atoms with van der Waals surface area (Å²) in [5.41, 5.74) is 0. The Balaban J connectivity index is 2.03. The topological polar surface area (TPSA) is 66.8 Å². The highest BCUT2D eigenvalue weighted by molar-refractivity contribution is 7.91. The van der Waals surface area contributed by atoms with Crippen molar-refractivity contribution in [2.45, 2.75) is 23.5 Å². The van der Waals surface area contributed by atoms with E-state index in [1.165, 1.54) is 11.3 Å². The van der Waals surface area contributed by atoms with E-state index in [0.29, 0.717) is 36.2 Å². The number of rotatable bonds is 6.